The lowest BCUT2D eigenvalue weighted by molar-refractivity contribution is -0.156. The third-order valence-electron chi connectivity index (χ3n) is 16.1. The number of pyridine rings is 4. The number of Topliss-reactive ketones (excluding diaryl/α,β-unsaturated/α-hetero) is 1. The van der Waals surface area contributed by atoms with Crippen LogP contribution in [0.4, 0.5) is 20.4 Å². The maximum atomic E-state index is 13.7. The van der Waals surface area contributed by atoms with E-state index in [2.05, 4.69) is 84.9 Å². The zero-order valence-electron chi connectivity index (χ0n) is 59.8. The van der Waals surface area contributed by atoms with Crippen molar-refractivity contribution in [1.29, 1.82) is 21.0 Å². The number of carbonyl (C=O) groups is 4. The highest BCUT2D eigenvalue weighted by atomic mass is 35.5. The number of ether oxygens (including phenoxy) is 1. The number of esters is 2. The van der Waals surface area contributed by atoms with Crippen molar-refractivity contribution in [2.75, 3.05) is 11.1 Å². The molecule has 11 aromatic heterocycles. The number of carbonyl (C=O) groups excluding carboxylic acids is 4. The molecule has 0 bridgehead atoms. The molecule has 6 N–H and O–H groups in total. The molecule has 15 rings (SSSR count). The number of nitrogens with zero attached hydrogens (tertiary/aromatic N) is 11. The summed E-state index contributed by atoms with van der Waals surface area (Å²) in [4.78, 5) is 64.0. The van der Waals surface area contributed by atoms with Crippen LogP contribution in [0.2, 0.25) is 40.2 Å². The second-order valence-corrected chi connectivity index (χ2v) is 31.3. The summed E-state index contributed by atoms with van der Waals surface area (Å²) in [5.74, 6) is -2.03. The van der Waals surface area contributed by atoms with Crippen LogP contribution >= 0.6 is 138 Å². The molecule has 0 fully saturated rings. The van der Waals surface area contributed by atoms with E-state index in [-0.39, 0.29) is 17.3 Å². The molecular weight excluding hydrogens is 1730 g/mol. The Morgan fingerprint density at radius 2 is 0.716 bits per heavy atom. The number of anilines is 2. The van der Waals surface area contributed by atoms with Crippen LogP contribution in [0.3, 0.4) is 0 Å². The summed E-state index contributed by atoms with van der Waals surface area (Å²) < 4.78 is 31.1. The van der Waals surface area contributed by atoms with Gasteiger partial charge in [-0.1, -0.05) is 117 Å². The molecule has 0 aliphatic carbocycles. The Hall–Kier alpha value is -11.9. The zero-order valence-corrected chi connectivity index (χ0v) is 69.1. The quantitative estimate of drug-likeness (QED) is 0.0310. The number of aromatic amines is 3. The van der Waals surface area contributed by atoms with Crippen LogP contribution in [0.25, 0.3) is 118 Å². The first-order chi connectivity index (χ1) is 55.7. The molecule has 15 aromatic rings. The number of nitriles is 4. The van der Waals surface area contributed by atoms with Crippen molar-refractivity contribution in [3.05, 3.63) is 262 Å². The lowest BCUT2D eigenvalue weighted by atomic mass is 9.98. The number of rotatable bonds is 13. The van der Waals surface area contributed by atoms with E-state index in [9.17, 15) is 49.0 Å². The molecule has 0 spiro atoms. The minimum Gasteiger partial charge on any atom is -0.394 e. The van der Waals surface area contributed by atoms with Crippen LogP contribution in [0, 0.1) is 57.2 Å². The van der Waals surface area contributed by atoms with Gasteiger partial charge >= 0.3 is 11.9 Å². The summed E-state index contributed by atoms with van der Waals surface area (Å²) >= 11 is 55.1. The first kappa shape index (κ1) is 85.0. The van der Waals surface area contributed by atoms with Crippen LogP contribution in [0.5, 0.6) is 0 Å². The number of hydrogen-bond donors (Lipinski definition) is 5. The molecule has 0 radical (unpaired) electrons. The largest absolute Gasteiger partial charge is 0.394 e. The molecule has 0 aliphatic rings. The van der Waals surface area contributed by atoms with E-state index in [1.165, 1.54) is 86.2 Å². The second-order valence-electron chi connectivity index (χ2n) is 23.9. The maximum Gasteiger partial charge on any atom is 0.310 e. The van der Waals surface area contributed by atoms with Gasteiger partial charge in [0, 0.05) is 161 Å². The number of nitrogens with two attached hydrogens (primary N) is 1. The van der Waals surface area contributed by atoms with Crippen molar-refractivity contribution in [2.45, 2.75) is 27.7 Å². The van der Waals surface area contributed by atoms with Crippen molar-refractivity contribution >= 4 is 173 Å². The van der Waals surface area contributed by atoms with Crippen LogP contribution in [0.1, 0.15) is 59.6 Å². The molecule has 116 heavy (non-hydrogen) atoms. The Bertz CT molecular complexity index is 6250. The van der Waals surface area contributed by atoms with Gasteiger partial charge in [0.05, 0.1) is 78.4 Å². The predicted octanol–water partition coefficient (Wildman–Crippen LogP) is 23.9. The van der Waals surface area contributed by atoms with Gasteiger partial charge in [-0.2, -0.15) is 45.1 Å². The molecule has 0 saturated carbocycles. The highest BCUT2D eigenvalue weighted by Crippen LogP contribution is 2.53. The Balaban J connectivity index is 0.000000148. The molecule has 4 aromatic carbocycles. The third kappa shape index (κ3) is 19.9. The van der Waals surface area contributed by atoms with Gasteiger partial charge in [0.1, 0.15) is 35.9 Å². The van der Waals surface area contributed by atoms with Crippen molar-refractivity contribution in [1.82, 2.24) is 50.5 Å². The van der Waals surface area contributed by atoms with E-state index in [1.807, 2.05) is 24.3 Å². The van der Waals surface area contributed by atoms with Crippen LogP contribution in [0.15, 0.2) is 183 Å². The van der Waals surface area contributed by atoms with Gasteiger partial charge in [-0.15, -0.1) is 45.3 Å². The van der Waals surface area contributed by atoms with Gasteiger partial charge in [-0.25, -0.2) is 19.9 Å². The predicted molar refractivity (Wildman–Crippen MR) is 455 cm³/mol. The number of hydrogen-bond acceptors (Lipinski definition) is 21. The number of benzene rings is 4. The van der Waals surface area contributed by atoms with Gasteiger partial charge in [0.15, 0.2) is 5.78 Å². The van der Waals surface area contributed by atoms with Crippen LogP contribution in [-0.2, 0) is 19.1 Å². The van der Waals surface area contributed by atoms with Gasteiger partial charge in [-0.3, -0.25) is 34.5 Å². The standard InChI is InChI=1S/C21H13Cl2N5OS.C19H9Cl2FN4S.C19H11Cl2N5S.C18H9Cl2FN2OS.C4H6O3/c1-11(29)27-18-8-12(4-6-25-18)20-15(10-24)19(14-3-2-13(22)9-16(14)23)21(30-20)17-5-7-26-28-17;20-11-1-2-12(14(21)8-11)17-13(9-23)18(10-3-5-24-16(22)7-10)27-19(17)15-4-6-25-26-15;20-11-1-2-12(14(21)8-11)17-13(9-22)18(10-3-5-24-16(23)7-10)27-19(17)15-4-6-25-26-15;1-9(24)17-16(12-3-2-11(19)7-14(12)20)13(8-22)18(25-17)10-4-5-23-15(21)6-10;1-3(5)7-4(2)6/h2-9H,1H3,(H,26,28)(H,25,27,29);1-8H,(H,25,26);1-8H,(H2,23,24)(H,25,26);2-7H,1H3;1-2H3. The molecule has 0 unspecified atom stereocenters. The minimum absolute atomic E-state index is 0.205. The van der Waals surface area contributed by atoms with Gasteiger partial charge in [0.2, 0.25) is 17.8 Å². The average Bonchev–Trinajstić information content (AvgIpc) is 1.63. The molecule has 0 saturated heterocycles. The van der Waals surface area contributed by atoms with Gasteiger partial charge in [0.25, 0.3) is 0 Å². The molecule has 576 valence electrons. The molecule has 35 heteroatoms. The molecule has 21 nitrogen and oxygen atoms in total. The average molecular weight is 1780 g/mol. The number of amides is 1. The summed E-state index contributed by atoms with van der Waals surface area (Å²) in [6.45, 7) is 5.19. The van der Waals surface area contributed by atoms with Gasteiger partial charge in [-0.05, 0) is 132 Å². The Kier molecular flexibility index (Phi) is 28.2. The third-order valence-corrected chi connectivity index (χ3v) is 23.4. The maximum absolute atomic E-state index is 13.7. The van der Waals surface area contributed by atoms with E-state index < -0.39 is 23.8 Å². The molecule has 1 amide bonds. The topological polar surface area (TPSA) is 348 Å². The first-order valence-electron chi connectivity index (χ1n) is 33.2. The number of thiophene rings is 4. The zero-order chi connectivity index (χ0) is 83.2. The molecular formula is C81H48Cl8F2N16O5S4. The Morgan fingerprint density at radius 1 is 0.397 bits per heavy atom. The summed E-state index contributed by atoms with van der Waals surface area (Å²) in [5.41, 5.74) is 17.6. The number of halogens is 10. The van der Waals surface area contributed by atoms with Crippen LogP contribution in [-0.4, -0.2) is 74.2 Å². The summed E-state index contributed by atoms with van der Waals surface area (Å²) in [7, 11) is 0. The fourth-order valence-corrected chi connectivity index (χ4v) is 18.3. The van der Waals surface area contributed by atoms with E-state index in [0.29, 0.717) is 128 Å². The normalized spacial score (nSPS) is 10.5. The lowest BCUT2D eigenvalue weighted by Crippen LogP contribution is -2.07. The fourth-order valence-electron chi connectivity index (χ4n) is 11.4. The lowest BCUT2D eigenvalue weighted by Gasteiger charge is -2.07. The van der Waals surface area contributed by atoms with Crippen LogP contribution < -0.4 is 11.1 Å². The van der Waals surface area contributed by atoms with E-state index in [4.69, 9.17) is 98.5 Å². The molecule has 11 heterocycles. The van der Waals surface area contributed by atoms with Gasteiger partial charge < -0.3 is 15.8 Å². The monoisotopic (exact) mass is 1770 g/mol. The number of ketones is 1. The van der Waals surface area contributed by atoms with E-state index in [0.717, 1.165) is 75.1 Å². The number of H-pyrrole nitrogens is 3. The van der Waals surface area contributed by atoms with Crippen molar-refractivity contribution in [3.63, 3.8) is 0 Å². The van der Waals surface area contributed by atoms with E-state index in [1.54, 1.807) is 134 Å². The Labute approximate surface area is 714 Å². The SMILES string of the molecule is CC(=O)Nc1cc(-c2sc(-c3ccn[nH]3)c(-c3ccc(Cl)cc3Cl)c2C#N)ccn1.CC(=O)OC(C)=O.CC(=O)c1sc(-c2ccnc(F)c2)c(C#N)c1-c1ccc(Cl)cc1Cl.N#Cc1c(-c2ccnc(F)c2)sc(-c2ccn[nH]2)c1-c1ccc(Cl)cc1Cl.N#Cc1c(-c2ccnc(N)c2)sc(-c2ccn[nH]2)c1-c1ccc(Cl)cc1Cl. The molecule has 0 atom stereocenters. The number of nitrogen functional groups attached to an aromatic ring is 1. The summed E-state index contributed by atoms with van der Waals surface area (Å²) in [5, 5.41) is 66.9. The Morgan fingerprint density at radius 3 is 1.01 bits per heavy atom. The number of aromatic nitrogens is 10. The smallest absolute Gasteiger partial charge is 0.310 e. The highest BCUT2D eigenvalue weighted by molar-refractivity contribution is 7.21. The highest BCUT2D eigenvalue weighted by Gasteiger charge is 2.30. The van der Waals surface area contributed by atoms with E-state index >= 15 is 0 Å². The van der Waals surface area contributed by atoms with Crippen molar-refractivity contribution < 1.29 is 32.7 Å². The fraction of sp³-hybridized carbons (Fsp3) is 0.0494. The summed E-state index contributed by atoms with van der Waals surface area (Å²) in [6.07, 6.45) is 10.8. The first-order valence-corrected chi connectivity index (χ1v) is 39.5. The number of nitrogens with one attached hydrogen (secondary N) is 4. The molecule has 0 aliphatic heterocycles. The minimum atomic E-state index is -0.662. The summed E-state index contributed by atoms with van der Waals surface area (Å²) in [6, 6.07) is 47.8. The second kappa shape index (κ2) is 38.5. The van der Waals surface area contributed by atoms with Crippen molar-refractivity contribution in [2.24, 2.45) is 0 Å². The van der Waals surface area contributed by atoms with Crippen molar-refractivity contribution in [3.8, 4) is 142 Å².